The summed E-state index contributed by atoms with van der Waals surface area (Å²) in [7, 11) is 1.61. The van der Waals surface area contributed by atoms with E-state index in [1.54, 1.807) is 7.11 Å². The van der Waals surface area contributed by atoms with Crippen molar-refractivity contribution in [2.45, 2.75) is 19.8 Å². The topological polar surface area (TPSA) is 103 Å². The van der Waals surface area contributed by atoms with Gasteiger partial charge < -0.3 is 19.0 Å². The number of aryl methyl sites for hydroxylation is 2. The average Bonchev–Trinajstić information content (AvgIpc) is 3.50. The van der Waals surface area contributed by atoms with Crippen molar-refractivity contribution in [2.75, 3.05) is 12.4 Å². The number of rotatable bonds is 7. The quantitative estimate of drug-likeness (QED) is 0.349. The van der Waals surface area contributed by atoms with Gasteiger partial charge in [-0.15, -0.1) is 0 Å². The molecule has 34 heavy (non-hydrogen) atoms. The van der Waals surface area contributed by atoms with Crippen molar-refractivity contribution in [3.8, 4) is 28.6 Å². The largest absolute Gasteiger partial charge is 0.497 e. The molecule has 170 valence electrons. The van der Waals surface area contributed by atoms with Crippen LogP contribution in [0, 0.1) is 6.92 Å². The first kappa shape index (κ1) is 21.4. The maximum absolute atomic E-state index is 12.4. The van der Waals surface area contributed by atoms with Gasteiger partial charge >= 0.3 is 0 Å². The molecule has 0 spiro atoms. The number of carbonyl (C=O) groups excluding carboxylic acids is 1. The van der Waals surface area contributed by atoms with Gasteiger partial charge in [-0.1, -0.05) is 11.2 Å². The van der Waals surface area contributed by atoms with Crippen molar-refractivity contribution in [1.29, 1.82) is 0 Å². The van der Waals surface area contributed by atoms with Crippen molar-refractivity contribution in [1.82, 2.24) is 15.1 Å². The number of carbonyl (C=O) groups is 1. The Morgan fingerprint density at radius 1 is 0.971 bits per heavy atom. The number of nitrogens with one attached hydrogen (secondary N) is 1. The Balaban J connectivity index is 1.17. The smallest absolute Gasteiger partial charge is 0.227 e. The van der Waals surface area contributed by atoms with Gasteiger partial charge in [0, 0.05) is 29.7 Å². The number of methoxy groups -OCH3 is 1. The summed E-state index contributed by atoms with van der Waals surface area (Å²) in [5, 5.41) is 6.87. The number of benzene rings is 3. The van der Waals surface area contributed by atoms with Gasteiger partial charge in [0.2, 0.25) is 23.5 Å². The van der Waals surface area contributed by atoms with E-state index in [1.807, 2.05) is 73.7 Å². The van der Waals surface area contributed by atoms with Crippen LogP contribution in [-0.2, 0) is 11.2 Å². The molecule has 5 aromatic rings. The van der Waals surface area contributed by atoms with E-state index >= 15 is 0 Å². The molecule has 0 saturated heterocycles. The predicted molar refractivity (Wildman–Crippen MR) is 127 cm³/mol. The van der Waals surface area contributed by atoms with Gasteiger partial charge in [0.25, 0.3) is 0 Å². The molecule has 0 bridgehead atoms. The number of nitrogens with zero attached hydrogens (tertiary/aromatic N) is 3. The Kier molecular flexibility index (Phi) is 5.78. The van der Waals surface area contributed by atoms with Crippen LogP contribution in [0.15, 0.2) is 75.7 Å². The predicted octanol–water partition coefficient (Wildman–Crippen LogP) is 5.43. The monoisotopic (exact) mass is 454 g/mol. The van der Waals surface area contributed by atoms with E-state index < -0.39 is 0 Å². The maximum atomic E-state index is 12.4. The van der Waals surface area contributed by atoms with E-state index in [1.165, 1.54) is 0 Å². The second-order valence-corrected chi connectivity index (χ2v) is 7.86. The maximum Gasteiger partial charge on any atom is 0.227 e. The molecule has 0 saturated carbocycles. The minimum Gasteiger partial charge on any atom is -0.497 e. The van der Waals surface area contributed by atoms with Crippen LogP contribution in [0.25, 0.3) is 33.9 Å². The first-order valence-electron chi connectivity index (χ1n) is 10.8. The molecule has 0 aliphatic rings. The van der Waals surface area contributed by atoms with Crippen LogP contribution in [0.3, 0.4) is 0 Å². The second kappa shape index (κ2) is 9.19. The zero-order chi connectivity index (χ0) is 23.5. The molecule has 1 amide bonds. The van der Waals surface area contributed by atoms with Gasteiger partial charge in [-0.2, -0.15) is 4.98 Å². The molecule has 8 nitrogen and oxygen atoms in total. The third-order valence-corrected chi connectivity index (χ3v) is 5.34. The molecule has 0 fully saturated rings. The SMILES string of the molecule is COc1ccc(-c2noc(CCC(=O)Nc3ccc(-c4nc5cc(C)ccc5o4)cc3)n2)cc1. The second-order valence-electron chi connectivity index (χ2n) is 7.86. The lowest BCUT2D eigenvalue weighted by molar-refractivity contribution is -0.116. The van der Waals surface area contributed by atoms with Crippen LogP contribution in [-0.4, -0.2) is 28.1 Å². The molecule has 5 rings (SSSR count). The molecule has 0 atom stereocenters. The van der Waals surface area contributed by atoms with Crippen LogP contribution in [0.4, 0.5) is 5.69 Å². The minimum atomic E-state index is -0.144. The van der Waals surface area contributed by atoms with Crippen molar-refractivity contribution < 1.29 is 18.5 Å². The van der Waals surface area contributed by atoms with E-state index in [9.17, 15) is 4.79 Å². The summed E-state index contributed by atoms with van der Waals surface area (Å²) < 4.78 is 16.3. The molecule has 0 aliphatic heterocycles. The molecule has 2 aromatic heterocycles. The Hall–Kier alpha value is -4.46. The van der Waals surface area contributed by atoms with Gasteiger partial charge in [0.15, 0.2) is 5.58 Å². The van der Waals surface area contributed by atoms with Crippen LogP contribution < -0.4 is 10.1 Å². The summed E-state index contributed by atoms with van der Waals surface area (Å²) in [6, 6.07) is 20.6. The lowest BCUT2D eigenvalue weighted by Crippen LogP contribution is -2.12. The first-order valence-corrected chi connectivity index (χ1v) is 10.8. The Bertz CT molecular complexity index is 1440. The van der Waals surface area contributed by atoms with Gasteiger partial charge in [0.1, 0.15) is 11.3 Å². The van der Waals surface area contributed by atoms with Crippen LogP contribution >= 0.6 is 0 Å². The molecule has 2 heterocycles. The average molecular weight is 454 g/mol. The van der Waals surface area contributed by atoms with Gasteiger partial charge in [0.05, 0.1) is 7.11 Å². The highest BCUT2D eigenvalue weighted by Gasteiger charge is 2.12. The van der Waals surface area contributed by atoms with Gasteiger partial charge in [-0.05, 0) is 73.2 Å². The number of aromatic nitrogens is 3. The highest BCUT2D eigenvalue weighted by Crippen LogP contribution is 2.26. The molecule has 0 unspecified atom stereocenters. The van der Waals surface area contributed by atoms with Crippen LogP contribution in [0.5, 0.6) is 5.75 Å². The summed E-state index contributed by atoms with van der Waals surface area (Å²) in [5.41, 5.74) is 5.03. The zero-order valence-electron chi connectivity index (χ0n) is 18.7. The Morgan fingerprint density at radius 3 is 2.50 bits per heavy atom. The molecule has 0 aliphatic carbocycles. The number of ether oxygens (including phenoxy) is 1. The summed E-state index contributed by atoms with van der Waals surface area (Å²) in [4.78, 5) is 21.3. The van der Waals surface area contributed by atoms with E-state index in [2.05, 4.69) is 20.4 Å². The Morgan fingerprint density at radius 2 is 1.74 bits per heavy atom. The highest BCUT2D eigenvalue weighted by atomic mass is 16.5. The Labute approximate surface area is 195 Å². The fourth-order valence-corrected chi connectivity index (χ4v) is 3.51. The molecular formula is C26H22N4O4. The number of hydrogen-bond acceptors (Lipinski definition) is 7. The number of oxazole rings is 1. The van der Waals surface area contributed by atoms with Crippen molar-refractivity contribution >= 4 is 22.7 Å². The zero-order valence-corrected chi connectivity index (χ0v) is 18.7. The molecule has 8 heteroatoms. The fourth-order valence-electron chi connectivity index (χ4n) is 3.51. The standard InChI is InChI=1S/C26H22N4O4/c1-16-3-12-22-21(15-16)28-26(33-22)18-4-8-19(9-5-18)27-23(31)13-14-24-29-25(30-34-24)17-6-10-20(32-2)11-7-17/h3-12,15H,13-14H2,1-2H3,(H,27,31). The molecule has 1 N–H and O–H groups in total. The van der Waals surface area contributed by atoms with Crippen molar-refractivity contribution in [2.24, 2.45) is 0 Å². The number of anilines is 1. The highest BCUT2D eigenvalue weighted by molar-refractivity contribution is 5.91. The van der Waals surface area contributed by atoms with Crippen molar-refractivity contribution in [3.05, 3.63) is 78.2 Å². The molecular weight excluding hydrogens is 432 g/mol. The summed E-state index contributed by atoms with van der Waals surface area (Å²) in [6.45, 7) is 2.02. The van der Waals surface area contributed by atoms with Crippen LogP contribution in [0.1, 0.15) is 17.9 Å². The number of fused-ring (bicyclic) bond motifs is 1. The summed E-state index contributed by atoms with van der Waals surface area (Å²) >= 11 is 0. The van der Waals surface area contributed by atoms with E-state index in [4.69, 9.17) is 13.7 Å². The third kappa shape index (κ3) is 4.66. The lowest BCUT2D eigenvalue weighted by atomic mass is 10.2. The normalized spacial score (nSPS) is 11.0. The molecule has 3 aromatic carbocycles. The van der Waals surface area contributed by atoms with E-state index in [-0.39, 0.29) is 12.3 Å². The van der Waals surface area contributed by atoms with Gasteiger partial charge in [-0.3, -0.25) is 4.79 Å². The summed E-state index contributed by atoms with van der Waals surface area (Å²) in [5.74, 6) is 2.03. The lowest BCUT2D eigenvalue weighted by Gasteiger charge is -2.04. The van der Waals surface area contributed by atoms with E-state index in [0.717, 1.165) is 33.5 Å². The molecule has 0 radical (unpaired) electrons. The summed E-state index contributed by atoms with van der Waals surface area (Å²) in [6.07, 6.45) is 0.561. The van der Waals surface area contributed by atoms with E-state index in [0.29, 0.717) is 29.7 Å². The first-order chi connectivity index (χ1) is 16.6. The minimum absolute atomic E-state index is 0.144. The van der Waals surface area contributed by atoms with Crippen LogP contribution in [0.2, 0.25) is 0 Å². The number of hydrogen-bond donors (Lipinski definition) is 1. The number of amides is 1. The van der Waals surface area contributed by atoms with Crippen molar-refractivity contribution in [3.63, 3.8) is 0 Å². The third-order valence-electron chi connectivity index (χ3n) is 5.34. The van der Waals surface area contributed by atoms with Gasteiger partial charge in [-0.25, -0.2) is 4.98 Å². The fraction of sp³-hybridized carbons (Fsp3) is 0.154.